The van der Waals surface area contributed by atoms with Gasteiger partial charge in [-0.3, -0.25) is 14.9 Å². The maximum atomic E-state index is 12.3. The van der Waals surface area contributed by atoms with E-state index in [1.165, 1.54) is 6.07 Å². The molecule has 134 valence electrons. The predicted molar refractivity (Wildman–Crippen MR) is 103 cm³/mol. The molecule has 0 atom stereocenters. The fourth-order valence-corrected chi connectivity index (χ4v) is 2.76. The van der Waals surface area contributed by atoms with Gasteiger partial charge in [0.15, 0.2) is 0 Å². The minimum atomic E-state index is -0.385. The molecule has 0 unspecified atom stereocenters. The van der Waals surface area contributed by atoms with Crippen molar-refractivity contribution in [3.8, 4) is 11.3 Å². The van der Waals surface area contributed by atoms with E-state index >= 15 is 0 Å². The van der Waals surface area contributed by atoms with E-state index in [4.69, 9.17) is 0 Å². The molecular formula is C20H17N5O2. The number of amides is 1. The number of carbonyl (C=O) groups is 1. The van der Waals surface area contributed by atoms with Gasteiger partial charge in [0, 0.05) is 11.6 Å². The van der Waals surface area contributed by atoms with E-state index in [2.05, 4.69) is 20.4 Å². The fraction of sp³-hybridized carbons (Fsp3) is 0.100. The number of anilines is 1. The molecule has 0 saturated carbocycles. The van der Waals surface area contributed by atoms with Crippen molar-refractivity contribution in [3.05, 3.63) is 76.6 Å². The van der Waals surface area contributed by atoms with Gasteiger partial charge in [-0.2, -0.15) is 5.10 Å². The molecule has 0 aliphatic rings. The van der Waals surface area contributed by atoms with Gasteiger partial charge in [-0.25, -0.2) is 9.67 Å². The number of rotatable bonds is 4. The third kappa shape index (κ3) is 3.62. The highest BCUT2D eigenvalue weighted by molar-refractivity contribution is 5.90. The van der Waals surface area contributed by atoms with Crippen LogP contribution in [0.15, 0.2) is 65.5 Å². The minimum absolute atomic E-state index is 0.199. The van der Waals surface area contributed by atoms with E-state index < -0.39 is 0 Å². The first-order valence-electron chi connectivity index (χ1n) is 8.48. The quantitative estimate of drug-likeness (QED) is 0.586. The van der Waals surface area contributed by atoms with Crippen LogP contribution in [0.4, 0.5) is 5.95 Å². The number of fused-ring (bicyclic) bond motifs is 1. The number of imidazole rings is 1. The summed E-state index contributed by atoms with van der Waals surface area (Å²) in [7, 11) is 0. The molecule has 1 amide bonds. The summed E-state index contributed by atoms with van der Waals surface area (Å²) in [5.41, 5.74) is 3.88. The molecule has 2 heterocycles. The molecule has 2 aromatic carbocycles. The first-order valence-corrected chi connectivity index (χ1v) is 8.48. The van der Waals surface area contributed by atoms with E-state index in [9.17, 15) is 9.59 Å². The highest BCUT2D eigenvalue weighted by Gasteiger charge is 2.10. The van der Waals surface area contributed by atoms with Gasteiger partial charge in [0.2, 0.25) is 11.9 Å². The third-order valence-corrected chi connectivity index (χ3v) is 4.15. The Bertz CT molecular complexity index is 1140. The molecule has 2 N–H and O–H groups in total. The van der Waals surface area contributed by atoms with Crippen LogP contribution in [0, 0.1) is 6.92 Å². The lowest BCUT2D eigenvalue weighted by Gasteiger charge is -2.07. The topological polar surface area (TPSA) is 92.7 Å². The van der Waals surface area contributed by atoms with Crippen LogP contribution in [0.25, 0.3) is 22.3 Å². The lowest BCUT2D eigenvalue weighted by molar-refractivity contribution is -0.117. The third-order valence-electron chi connectivity index (χ3n) is 4.15. The summed E-state index contributed by atoms with van der Waals surface area (Å²) in [5.74, 6) is -0.0475. The lowest BCUT2D eigenvalue weighted by atomic mass is 10.1. The number of carbonyl (C=O) groups excluding carboxylic acids is 1. The maximum absolute atomic E-state index is 12.3. The summed E-state index contributed by atoms with van der Waals surface area (Å²) < 4.78 is 1.15. The van der Waals surface area contributed by atoms with Crippen LogP contribution in [-0.4, -0.2) is 25.7 Å². The van der Waals surface area contributed by atoms with Crippen LogP contribution in [-0.2, 0) is 11.3 Å². The largest absolute Gasteiger partial charge is 0.324 e. The van der Waals surface area contributed by atoms with E-state index in [0.29, 0.717) is 11.6 Å². The number of aromatic nitrogens is 4. The van der Waals surface area contributed by atoms with Gasteiger partial charge in [-0.15, -0.1) is 0 Å². The van der Waals surface area contributed by atoms with Crippen LogP contribution < -0.4 is 10.9 Å². The molecule has 2 aromatic heterocycles. The number of aryl methyl sites for hydroxylation is 1. The molecule has 0 fully saturated rings. The predicted octanol–water partition coefficient (Wildman–Crippen LogP) is 2.73. The summed E-state index contributed by atoms with van der Waals surface area (Å²) in [6.45, 7) is 1.80. The zero-order valence-corrected chi connectivity index (χ0v) is 14.6. The Kier molecular flexibility index (Phi) is 4.25. The normalized spacial score (nSPS) is 10.9. The molecule has 0 radical (unpaired) electrons. The summed E-state index contributed by atoms with van der Waals surface area (Å²) in [6, 6.07) is 18.3. The zero-order chi connectivity index (χ0) is 18.8. The zero-order valence-electron chi connectivity index (χ0n) is 14.6. The second-order valence-corrected chi connectivity index (χ2v) is 6.23. The van der Waals surface area contributed by atoms with Crippen LogP contribution in [0.2, 0.25) is 0 Å². The Balaban J connectivity index is 1.54. The average molecular weight is 359 g/mol. The van der Waals surface area contributed by atoms with E-state index in [1.807, 2.05) is 55.5 Å². The molecule has 4 rings (SSSR count). The molecular weight excluding hydrogens is 342 g/mol. The van der Waals surface area contributed by atoms with Gasteiger partial charge in [0.1, 0.15) is 6.54 Å². The van der Waals surface area contributed by atoms with Crippen molar-refractivity contribution < 1.29 is 4.79 Å². The first-order chi connectivity index (χ1) is 13.1. The summed E-state index contributed by atoms with van der Waals surface area (Å²) in [6.07, 6.45) is 0. The second-order valence-electron chi connectivity index (χ2n) is 6.23. The van der Waals surface area contributed by atoms with Crippen LogP contribution >= 0.6 is 0 Å². The monoisotopic (exact) mass is 359 g/mol. The summed E-state index contributed by atoms with van der Waals surface area (Å²) in [4.78, 5) is 31.7. The molecule has 7 nitrogen and oxygen atoms in total. The van der Waals surface area contributed by atoms with E-state index in [1.54, 1.807) is 6.07 Å². The number of para-hydroxylation sites is 2. The second kappa shape index (κ2) is 6.87. The van der Waals surface area contributed by atoms with Crippen LogP contribution in [0.1, 0.15) is 5.56 Å². The number of benzene rings is 2. The number of aromatic amines is 1. The lowest BCUT2D eigenvalue weighted by Crippen LogP contribution is -2.29. The molecule has 0 aliphatic carbocycles. The minimum Gasteiger partial charge on any atom is -0.324 e. The molecule has 0 bridgehead atoms. The molecule has 4 aromatic rings. The molecule has 7 heteroatoms. The standard InChI is InChI=1S/C20H17N5O2/c1-13-6-8-14(9-7-13)15-10-11-19(27)25(24-15)12-18(26)23-20-21-16-4-2-3-5-17(16)22-20/h2-11H,12H2,1H3,(H2,21,22,23,26). The van der Waals surface area contributed by atoms with Gasteiger partial charge >= 0.3 is 0 Å². The van der Waals surface area contributed by atoms with Crippen molar-refractivity contribution >= 4 is 22.9 Å². The fourth-order valence-electron chi connectivity index (χ4n) is 2.76. The Morgan fingerprint density at radius 1 is 1.07 bits per heavy atom. The number of nitrogens with zero attached hydrogens (tertiary/aromatic N) is 3. The Morgan fingerprint density at radius 3 is 2.63 bits per heavy atom. The first kappa shape index (κ1) is 16.7. The van der Waals surface area contributed by atoms with E-state index in [-0.39, 0.29) is 18.0 Å². The van der Waals surface area contributed by atoms with Gasteiger partial charge in [0.25, 0.3) is 5.56 Å². The van der Waals surface area contributed by atoms with Gasteiger partial charge < -0.3 is 4.98 Å². The Labute approximate surface area is 154 Å². The number of H-pyrrole nitrogens is 1. The average Bonchev–Trinajstić information content (AvgIpc) is 3.06. The highest BCUT2D eigenvalue weighted by Crippen LogP contribution is 2.16. The van der Waals surface area contributed by atoms with Crippen molar-refractivity contribution in [1.29, 1.82) is 0 Å². The number of hydrogen-bond acceptors (Lipinski definition) is 4. The van der Waals surface area contributed by atoms with Gasteiger partial charge in [-0.05, 0) is 25.1 Å². The van der Waals surface area contributed by atoms with Crippen molar-refractivity contribution in [1.82, 2.24) is 19.7 Å². The smallest absolute Gasteiger partial charge is 0.267 e. The summed E-state index contributed by atoms with van der Waals surface area (Å²) in [5, 5.41) is 6.98. The SMILES string of the molecule is Cc1ccc(-c2ccc(=O)n(CC(=O)Nc3nc4ccccc4[nH]3)n2)cc1. The Hall–Kier alpha value is -3.74. The van der Waals surface area contributed by atoms with Gasteiger partial charge in [0.05, 0.1) is 16.7 Å². The molecule has 27 heavy (non-hydrogen) atoms. The van der Waals surface area contributed by atoms with Crippen molar-refractivity contribution in [2.24, 2.45) is 0 Å². The highest BCUT2D eigenvalue weighted by atomic mass is 16.2. The van der Waals surface area contributed by atoms with Crippen LogP contribution in [0.3, 0.4) is 0 Å². The summed E-state index contributed by atoms with van der Waals surface area (Å²) >= 11 is 0. The van der Waals surface area contributed by atoms with E-state index in [0.717, 1.165) is 26.8 Å². The number of nitrogens with one attached hydrogen (secondary N) is 2. The Morgan fingerprint density at radius 2 is 1.85 bits per heavy atom. The maximum Gasteiger partial charge on any atom is 0.267 e. The number of hydrogen-bond donors (Lipinski definition) is 2. The van der Waals surface area contributed by atoms with Crippen molar-refractivity contribution in [2.45, 2.75) is 13.5 Å². The molecule has 0 saturated heterocycles. The van der Waals surface area contributed by atoms with Crippen molar-refractivity contribution in [2.75, 3.05) is 5.32 Å². The van der Waals surface area contributed by atoms with Crippen LogP contribution in [0.5, 0.6) is 0 Å². The van der Waals surface area contributed by atoms with Gasteiger partial charge in [-0.1, -0.05) is 42.0 Å². The van der Waals surface area contributed by atoms with Crippen molar-refractivity contribution in [3.63, 3.8) is 0 Å². The molecule has 0 spiro atoms. The molecule has 0 aliphatic heterocycles.